The lowest BCUT2D eigenvalue weighted by Gasteiger charge is -2.09. The first kappa shape index (κ1) is 12.1. The van der Waals surface area contributed by atoms with Gasteiger partial charge in [-0.2, -0.15) is 0 Å². The van der Waals surface area contributed by atoms with Crippen LogP contribution in [0.1, 0.15) is 22.8 Å². The number of nitrogens with one attached hydrogen (secondary N) is 1. The van der Waals surface area contributed by atoms with Crippen molar-refractivity contribution in [3.05, 3.63) is 47.5 Å². The first-order valence-corrected chi connectivity index (χ1v) is 5.58. The normalized spacial score (nSPS) is 10.3. The molecule has 0 heterocycles. The average Bonchev–Trinajstić information content (AvgIpc) is 2.35. The highest BCUT2D eigenvalue weighted by molar-refractivity contribution is 6.04. The minimum absolute atomic E-state index is 0.110. The van der Waals surface area contributed by atoms with Crippen LogP contribution in [-0.2, 0) is 11.3 Å². The van der Waals surface area contributed by atoms with Crippen LogP contribution in [0, 0.1) is 0 Å². The molecule has 0 radical (unpaired) electrons. The molecule has 1 amide bonds. The van der Waals surface area contributed by atoms with Crippen molar-refractivity contribution in [2.75, 3.05) is 0 Å². The van der Waals surface area contributed by atoms with Gasteiger partial charge in [0.05, 0.1) is 5.56 Å². The van der Waals surface area contributed by atoms with Gasteiger partial charge in [0.25, 0.3) is 0 Å². The molecule has 4 heteroatoms. The van der Waals surface area contributed by atoms with E-state index in [-0.39, 0.29) is 11.5 Å². The Hall–Kier alpha value is -2.36. The maximum atomic E-state index is 11.1. The second-order valence-corrected chi connectivity index (χ2v) is 4.03. The van der Waals surface area contributed by atoms with Crippen molar-refractivity contribution >= 4 is 22.6 Å². The minimum atomic E-state index is -0.947. The van der Waals surface area contributed by atoms with Crippen molar-refractivity contribution in [1.82, 2.24) is 5.32 Å². The average molecular weight is 243 g/mol. The Bertz CT molecular complexity index is 619. The number of carbonyl (C=O) groups excluding carboxylic acids is 1. The van der Waals surface area contributed by atoms with E-state index in [9.17, 15) is 9.59 Å². The number of rotatable bonds is 3. The summed E-state index contributed by atoms with van der Waals surface area (Å²) < 4.78 is 0. The molecule has 0 unspecified atom stereocenters. The number of aromatic carboxylic acids is 1. The van der Waals surface area contributed by atoms with Crippen molar-refractivity contribution in [1.29, 1.82) is 0 Å². The largest absolute Gasteiger partial charge is 0.478 e. The van der Waals surface area contributed by atoms with Crippen LogP contribution in [0.3, 0.4) is 0 Å². The number of benzene rings is 2. The maximum absolute atomic E-state index is 11.1. The summed E-state index contributed by atoms with van der Waals surface area (Å²) in [6.07, 6.45) is 0. The van der Waals surface area contributed by atoms with Gasteiger partial charge in [-0.3, -0.25) is 4.79 Å². The molecular weight excluding hydrogens is 230 g/mol. The van der Waals surface area contributed by atoms with Crippen LogP contribution in [-0.4, -0.2) is 17.0 Å². The van der Waals surface area contributed by atoms with Gasteiger partial charge >= 0.3 is 5.97 Å². The monoisotopic (exact) mass is 243 g/mol. The number of amides is 1. The zero-order valence-corrected chi connectivity index (χ0v) is 9.93. The summed E-state index contributed by atoms with van der Waals surface area (Å²) in [6, 6.07) is 10.6. The lowest BCUT2D eigenvalue weighted by molar-refractivity contribution is -0.119. The molecule has 0 saturated heterocycles. The van der Waals surface area contributed by atoms with Crippen molar-refractivity contribution in [3.63, 3.8) is 0 Å². The van der Waals surface area contributed by atoms with E-state index in [0.717, 1.165) is 10.9 Å². The van der Waals surface area contributed by atoms with E-state index in [1.165, 1.54) is 6.92 Å². The lowest BCUT2D eigenvalue weighted by Crippen LogP contribution is -2.19. The molecule has 2 aromatic rings. The highest BCUT2D eigenvalue weighted by atomic mass is 16.4. The molecule has 0 saturated carbocycles. The number of carbonyl (C=O) groups is 2. The molecule has 0 atom stereocenters. The number of hydrogen-bond acceptors (Lipinski definition) is 2. The van der Waals surface area contributed by atoms with Gasteiger partial charge in [0.2, 0.25) is 5.91 Å². The molecule has 0 spiro atoms. The predicted molar refractivity (Wildman–Crippen MR) is 68.4 cm³/mol. The van der Waals surface area contributed by atoms with E-state index in [2.05, 4.69) is 5.32 Å². The molecular formula is C14H13NO3. The Balaban J connectivity index is 2.53. The Kier molecular flexibility index (Phi) is 3.28. The van der Waals surface area contributed by atoms with Crippen molar-refractivity contribution in [2.24, 2.45) is 0 Å². The van der Waals surface area contributed by atoms with E-state index >= 15 is 0 Å². The quantitative estimate of drug-likeness (QED) is 0.868. The topological polar surface area (TPSA) is 66.4 Å². The molecule has 0 bridgehead atoms. The third-order valence-electron chi connectivity index (χ3n) is 2.77. The number of fused-ring (bicyclic) bond motifs is 1. The molecule has 2 aromatic carbocycles. The first-order chi connectivity index (χ1) is 8.59. The van der Waals surface area contributed by atoms with E-state index in [1.54, 1.807) is 24.3 Å². The summed E-state index contributed by atoms with van der Waals surface area (Å²) in [7, 11) is 0. The third kappa shape index (κ3) is 2.32. The van der Waals surface area contributed by atoms with Crippen LogP contribution in [0.15, 0.2) is 36.4 Å². The number of hydrogen-bond donors (Lipinski definition) is 2. The fraction of sp³-hybridized carbons (Fsp3) is 0.143. The SMILES string of the molecule is CC(=O)NCc1ccc(C(=O)O)c2ccccc12. The van der Waals surface area contributed by atoms with Crippen LogP contribution in [0.5, 0.6) is 0 Å². The van der Waals surface area contributed by atoms with E-state index in [1.807, 2.05) is 12.1 Å². The molecule has 2 N–H and O–H groups in total. The van der Waals surface area contributed by atoms with Crippen LogP contribution in [0.4, 0.5) is 0 Å². The molecule has 0 aliphatic carbocycles. The summed E-state index contributed by atoms with van der Waals surface area (Å²) in [4.78, 5) is 22.0. The van der Waals surface area contributed by atoms with Gasteiger partial charge in [0.1, 0.15) is 0 Å². The molecule has 18 heavy (non-hydrogen) atoms. The Morgan fingerprint density at radius 2 is 1.78 bits per heavy atom. The van der Waals surface area contributed by atoms with Gasteiger partial charge in [0.15, 0.2) is 0 Å². The highest BCUT2D eigenvalue weighted by Gasteiger charge is 2.10. The molecule has 0 aliphatic rings. The number of carboxylic acid groups (broad SMARTS) is 1. The summed E-state index contributed by atoms with van der Waals surface area (Å²) in [5, 5.41) is 13.4. The predicted octanol–water partition coefficient (Wildman–Crippen LogP) is 2.17. The molecule has 0 aromatic heterocycles. The van der Waals surface area contributed by atoms with Crippen molar-refractivity contribution in [3.8, 4) is 0 Å². The summed E-state index contributed by atoms with van der Waals surface area (Å²) in [6.45, 7) is 1.85. The third-order valence-corrected chi connectivity index (χ3v) is 2.77. The van der Waals surface area contributed by atoms with Gasteiger partial charge in [-0.15, -0.1) is 0 Å². The van der Waals surface area contributed by atoms with Crippen molar-refractivity contribution in [2.45, 2.75) is 13.5 Å². The zero-order valence-electron chi connectivity index (χ0n) is 9.93. The Morgan fingerprint density at radius 3 is 2.39 bits per heavy atom. The van der Waals surface area contributed by atoms with E-state index in [4.69, 9.17) is 5.11 Å². The zero-order chi connectivity index (χ0) is 13.1. The molecule has 2 rings (SSSR count). The van der Waals surface area contributed by atoms with Gasteiger partial charge < -0.3 is 10.4 Å². The molecule has 0 aliphatic heterocycles. The Morgan fingerprint density at radius 1 is 1.11 bits per heavy atom. The molecule has 0 fully saturated rings. The molecule has 4 nitrogen and oxygen atoms in total. The second kappa shape index (κ2) is 4.87. The summed E-state index contributed by atoms with van der Waals surface area (Å²) >= 11 is 0. The van der Waals surface area contributed by atoms with Crippen LogP contribution < -0.4 is 5.32 Å². The van der Waals surface area contributed by atoms with Crippen LogP contribution in [0.25, 0.3) is 10.8 Å². The summed E-state index contributed by atoms with van der Waals surface area (Å²) in [5.41, 5.74) is 1.18. The van der Waals surface area contributed by atoms with Crippen LogP contribution in [0.2, 0.25) is 0 Å². The van der Waals surface area contributed by atoms with Crippen molar-refractivity contribution < 1.29 is 14.7 Å². The number of carboxylic acids is 1. The lowest BCUT2D eigenvalue weighted by atomic mass is 9.99. The van der Waals surface area contributed by atoms with Gasteiger partial charge in [-0.1, -0.05) is 30.3 Å². The first-order valence-electron chi connectivity index (χ1n) is 5.58. The molecule has 92 valence electrons. The standard InChI is InChI=1S/C14H13NO3/c1-9(16)15-8-10-6-7-13(14(17)18)12-5-3-2-4-11(10)12/h2-7H,8H2,1H3,(H,15,16)(H,17,18). The fourth-order valence-electron chi connectivity index (χ4n) is 1.92. The summed E-state index contributed by atoms with van der Waals surface area (Å²) in [5.74, 6) is -1.06. The van der Waals surface area contributed by atoms with Gasteiger partial charge in [-0.05, 0) is 22.4 Å². The van der Waals surface area contributed by atoms with Gasteiger partial charge in [-0.25, -0.2) is 4.79 Å². The Labute approximate surface area is 104 Å². The van der Waals surface area contributed by atoms with E-state index < -0.39 is 5.97 Å². The van der Waals surface area contributed by atoms with Crippen LogP contribution >= 0.6 is 0 Å². The second-order valence-electron chi connectivity index (χ2n) is 4.03. The fourth-order valence-corrected chi connectivity index (χ4v) is 1.92. The minimum Gasteiger partial charge on any atom is -0.478 e. The maximum Gasteiger partial charge on any atom is 0.336 e. The smallest absolute Gasteiger partial charge is 0.336 e. The highest BCUT2D eigenvalue weighted by Crippen LogP contribution is 2.22. The van der Waals surface area contributed by atoms with Gasteiger partial charge in [0, 0.05) is 13.5 Å². The van der Waals surface area contributed by atoms with E-state index in [0.29, 0.717) is 11.9 Å².